The van der Waals surface area contributed by atoms with Crippen molar-refractivity contribution in [1.29, 1.82) is 0 Å². The lowest BCUT2D eigenvalue weighted by Crippen LogP contribution is -1.84. The van der Waals surface area contributed by atoms with Gasteiger partial charge in [0.2, 0.25) is 0 Å². The van der Waals surface area contributed by atoms with Gasteiger partial charge in [0.15, 0.2) is 0 Å². The molecule has 0 aliphatic heterocycles. The fourth-order valence-corrected chi connectivity index (χ4v) is 5.91. The van der Waals surface area contributed by atoms with Crippen LogP contribution in [0.15, 0.2) is 24.3 Å². The maximum absolute atomic E-state index is 2.45. The molecular formula is C40H78. The third-order valence-corrected chi connectivity index (χ3v) is 8.77. The van der Waals surface area contributed by atoms with Gasteiger partial charge in [-0.3, -0.25) is 0 Å². The molecular weight excluding hydrogens is 480 g/mol. The Morgan fingerprint density at radius 3 is 0.525 bits per heavy atom. The van der Waals surface area contributed by atoms with Crippen molar-refractivity contribution in [2.75, 3.05) is 0 Å². The van der Waals surface area contributed by atoms with Gasteiger partial charge < -0.3 is 0 Å². The highest BCUT2D eigenvalue weighted by atomic mass is 14.0. The second-order valence-corrected chi connectivity index (χ2v) is 13.0. The van der Waals surface area contributed by atoms with Crippen LogP contribution in [0, 0.1) is 0 Å². The fraction of sp³-hybridized carbons (Fsp3) is 0.900. The molecule has 238 valence electrons. The van der Waals surface area contributed by atoms with Gasteiger partial charge in [0.05, 0.1) is 0 Å². The van der Waals surface area contributed by atoms with Crippen LogP contribution in [0.3, 0.4) is 0 Å². The molecule has 0 bridgehead atoms. The summed E-state index contributed by atoms with van der Waals surface area (Å²) in [6.45, 7) is 4.60. The van der Waals surface area contributed by atoms with Crippen molar-refractivity contribution >= 4 is 0 Å². The van der Waals surface area contributed by atoms with E-state index in [0.717, 1.165) is 0 Å². The average molecular weight is 559 g/mol. The van der Waals surface area contributed by atoms with Crippen LogP contribution in [0.2, 0.25) is 0 Å². The molecule has 0 atom stereocenters. The quantitative estimate of drug-likeness (QED) is 0.0536. The Kier molecular flexibility index (Phi) is 38.0. The lowest BCUT2D eigenvalue weighted by atomic mass is 10.0. The minimum absolute atomic E-state index is 1.31. The van der Waals surface area contributed by atoms with Gasteiger partial charge in [0.25, 0.3) is 0 Å². The molecule has 0 heteroatoms. The molecule has 0 nitrogen and oxygen atoms in total. The van der Waals surface area contributed by atoms with E-state index in [2.05, 4.69) is 38.2 Å². The summed E-state index contributed by atoms with van der Waals surface area (Å²) in [5.41, 5.74) is 0. The molecule has 0 aliphatic rings. The summed E-state index contributed by atoms with van der Waals surface area (Å²) in [4.78, 5) is 0. The van der Waals surface area contributed by atoms with Gasteiger partial charge in [-0.1, -0.05) is 205 Å². The molecule has 0 spiro atoms. The Labute approximate surface area is 256 Å². The van der Waals surface area contributed by atoms with Crippen molar-refractivity contribution in [3.63, 3.8) is 0 Å². The molecule has 0 radical (unpaired) electrons. The predicted octanol–water partition coefficient (Wildman–Crippen LogP) is 15.4. The van der Waals surface area contributed by atoms with Gasteiger partial charge in [-0.25, -0.2) is 0 Å². The second kappa shape index (κ2) is 38.5. The molecule has 0 aromatic rings. The first-order valence-electron chi connectivity index (χ1n) is 19.2. The summed E-state index contributed by atoms with van der Waals surface area (Å²) >= 11 is 0. The van der Waals surface area contributed by atoms with Crippen LogP contribution in [-0.4, -0.2) is 0 Å². The van der Waals surface area contributed by atoms with Crippen molar-refractivity contribution in [3.8, 4) is 0 Å². The monoisotopic (exact) mass is 559 g/mol. The van der Waals surface area contributed by atoms with E-state index in [1.165, 1.54) is 218 Å². The zero-order valence-corrected chi connectivity index (χ0v) is 28.4. The van der Waals surface area contributed by atoms with E-state index in [0.29, 0.717) is 0 Å². The zero-order chi connectivity index (χ0) is 28.9. The largest absolute Gasteiger partial charge is 0.0885 e. The zero-order valence-electron chi connectivity index (χ0n) is 28.4. The highest BCUT2D eigenvalue weighted by Gasteiger charge is 1.96. The number of hydrogen-bond donors (Lipinski definition) is 0. The van der Waals surface area contributed by atoms with E-state index in [1.807, 2.05) is 0 Å². The van der Waals surface area contributed by atoms with Crippen LogP contribution in [0.25, 0.3) is 0 Å². The lowest BCUT2D eigenvalue weighted by molar-refractivity contribution is 0.524. The van der Waals surface area contributed by atoms with Gasteiger partial charge in [0.1, 0.15) is 0 Å². The maximum atomic E-state index is 2.45. The number of hydrogen-bond acceptors (Lipinski definition) is 0. The number of allylic oxidation sites excluding steroid dienone is 4. The van der Waals surface area contributed by atoms with Crippen LogP contribution >= 0.6 is 0 Å². The van der Waals surface area contributed by atoms with Crippen LogP contribution in [0.5, 0.6) is 0 Å². The number of unbranched alkanes of at least 4 members (excludes halogenated alkanes) is 31. The Morgan fingerprint density at radius 1 is 0.200 bits per heavy atom. The molecule has 0 fully saturated rings. The molecule has 0 aromatic heterocycles. The third-order valence-electron chi connectivity index (χ3n) is 8.77. The van der Waals surface area contributed by atoms with Crippen LogP contribution < -0.4 is 0 Å². The van der Waals surface area contributed by atoms with Crippen molar-refractivity contribution in [2.24, 2.45) is 0 Å². The minimum atomic E-state index is 1.31. The van der Waals surface area contributed by atoms with Crippen LogP contribution in [0.1, 0.15) is 232 Å². The minimum Gasteiger partial charge on any atom is -0.0885 e. The Bertz CT molecular complexity index is 428. The Morgan fingerprint density at radius 2 is 0.350 bits per heavy atom. The van der Waals surface area contributed by atoms with Gasteiger partial charge >= 0.3 is 0 Å². The molecule has 0 aromatic carbocycles. The highest BCUT2D eigenvalue weighted by Crippen LogP contribution is 2.15. The third kappa shape index (κ3) is 37.5. The van der Waals surface area contributed by atoms with Gasteiger partial charge in [0, 0.05) is 0 Å². The summed E-state index contributed by atoms with van der Waals surface area (Å²) in [5.74, 6) is 0. The molecule has 0 saturated heterocycles. The molecule has 0 aliphatic carbocycles. The summed E-state index contributed by atoms with van der Waals surface area (Å²) in [6.07, 6.45) is 58.4. The van der Waals surface area contributed by atoms with E-state index >= 15 is 0 Å². The summed E-state index contributed by atoms with van der Waals surface area (Å²) in [5, 5.41) is 0. The van der Waals surface area contributed by atoms with E-state index in [1.54, 1.807) is 0 Å². The predicted molar refractivity (Wildman–Crippen MR) is 187 cm³/mol. The molecule has 0 N–H and O–H groups in total. The Balaban J connectivity index is 3.09. The number of rotatable bonds is 35. The molecule has 0 unspecified atom stereocenters. The Hall–Kier alpha value is -0.520. The molecule has 0 rings (SSSR count). The summed E-state index contributed by atoms with van der Waals surface area (Å²) < 4.78 is 0. The second-order valence-electron chi connectivity index (χ2n) is 13.0. The average Bonchev–Trinajstić information content (AvgIpc) is 2.97. The van der Waals surface area contributed by atoms with E-state index in [9.17, 15) is 0 Å². The molecule has 0 amide bonds. The van der Waals surface area contributed by atoms with Gasteiger partial charge in [-0.2, -0.15) is 0 Å². The summed E-state index contributed by atoms with van der Waals surface area (Å²) in [6, 6.07) is 0. The van der Waals surface area contributed by atoms with Crippen LogP contribution in [-0.2, 0) is 0 Å². The first kappa shape index (κ1) is 39.5. The maximum Gasteiger partial charge on any atom is -0.0351 e. The SMILES string of the molecule is CCCCCCCC/C=C\CCCCCCCCCCCCCCCCCCCC/C=C\CCCCCCCC. The van der Waals surface area contributed by atoms with Crippen molar-refractivity contribution in [3.05, 3.63) is 24.3 Å². The van der Waals surface area contributed by atoms with Crippen molar-refractivity contribution < 1.29 is 0 Å². The van der Waals surface area contributed by atoms with E-state index in [4.69, 9.17) is 0 Å². The smallest absolute Gasteiger partial charge is 0.0351 e. The normalized spacial score (nSPS) is 11.9. The topological polar surface area (TPSA) is 0 Å². The first-order valence-corrected chi connectivity index (χ1v) is 19.2. The standard InChI is InChI=1S/C40H78/c1-3-5-7-9-11-13-15-17-19-21-23-25-27-29-31-33-35-37-39-40-38-36-34-32-30-28-26-24-22-20-18-16-14-12-10-8-6-4-2/h17-20H,3-16,21-40H2,1-2H3/b19-17-,20-18-. The lowest BCUT2D eigenvalue weighted by Gasteiger charge is -2.04. The molecule has 40 heavy (non-hydrogen) atoms. The van der Waals surface area contributed by atoms with Gasteiger partial charge in [-0.15, -0.1) is 0 Å². The van der Waals surface area contributed by atoms with Gasteiger partial charge in [-0.05, 0) is 51.4 Å². The highest BCUT2D eigenvalue weighted by molar-refractivity contribution is 4.82. The van der Waals surface area contributed by atoms with Crippen molar-refractivity contribution in [1.82, 2.24) is 0 Å². The van der Waals surface area contributed by atoms with E-state index in [-0.39, 0.29) is 0 Å². The van der Waals surface area contributed by atoms with Crippen molar-refractivity contribution in [2.45, 2.75) is 232 Å². The van der Waals surface area contributed by atoms with E-state index < -0.39 is 0 Å². The molecule has 0 saturated carbocycles. The fourth-order valence-electron chi connectivity index (χ4n) is 5.91. The first-order chi connectivity index (χ1) is 19.9. The molecule has 0 heterocycles. The van der Waals surface area contributed by atoms with Crippen LogP contribution in [0.4, 0.5) is 0 Å². The summed E-state index contributed by atoms with van der Waals surface area (Å²) in [7, 11) is 0.